The number of hydrogen-bond acceptors (Lipinski definition) is 3. The zero-order valence-corrected chi connectivity index (χ0v) is 10.1. The second-order valence-corrected chi connectivity index (χ2v) is 3.95. The molecule has 0 atom stereocenters. The fraction of sp³-hybridized carbons (Fsp3) is 0. The molecule has 0 saturated heterocycles. The van der Waals surface area contributed by atoms with Crippen molar-refractivity contribution in [1.29, 1.82) is 0 Å². The first-order valence-corrected chi connectivity index (χ1v) is 5.65. The van der Waals surface area contributed by atoms with Crippen molar-refractivity contribution in [1.82, 2.24) is 0 Å². The van der Waals surface area contributed by atoms with Crippen molar-refractivity contribution in [2.24, 2.45) is 0 Å². The molecule has 0 aliphatic heterocycles. The predicted molar refractivity (Wildman–Crippen MR) is 74.1 cm³/mol. The molecule has 0 unspecified atom stereocenters. The summed E-state index contributed by atoms with van der Waals surface area (Å²) in [6.45, 7) is 0. The molecule has 0 aliphatic rings. The fourth-order valence-corrected chi connectivity index (χ4v) is 1.55. The van der Waals surface area contributed by atoms with Crippen LogP contribution in [-0.4, -0.2) is 12.6 Å². The molecule has 3 heteroatoms. The first kappa shape index (κ1) is 12.6. The fourth-order valence-electron chi connectivity index (χ4n) is 1.55. The highest BCUT2D eigenvalue weighted by Gasteiger charge is 1.97. The van der Waals surface area contributed by atoms with Gasteiger partial charge in [-0.3, -0.25) is 9.59 Å². The molecule has 0 aromatic heterocycles. The molecule has 19 heavy (non-hydrogen) atoms. The van der Waals surface area contributed by atoms with Gasteiger partial charge >= 0.3 is 0 Å². The molecule has 0 bridgehead atoms. The molecular weight excluding hydrogens is 238 g/mol. The second kappa shape index (κ2) is 5.65. The Morgan fingerprint density at radius 3 is 2.05 bits per heavy atom. The lowest BCUT2D eigenvalue weighted by Gasteiger charge is -1.98. The number of carbonyl (C=O) groups is 2. The molecule has 0 amide bonds. The highest BCUT2D eigenvalue weighted by atomic mass is 16.1. The van der Waals surface area contributed by atoms with Crippen LogP contribution in [0.1, 0.15) is 31.8 Å². The summed E-state index contributed by atoms with van der Waals surface area (Å²) in [5, 5.41) is 0. The Morgan fingerprint density at radius 2 is 1.47 bits per heavy atom. The summed E-state index contributed by atoms with van der Waals surface area (Å²) >= 11 is 0. The van der Waals surface area contributed by atoms with Gasteiger partial charge in [-0.15, -0.1) is 0 Å². The molecule has 0 aliphatic carbocycles. The highest BCUT2D eigenvalue weighted by Crippen LogP contribution is 2.12. The maximum absolute atomic E-state index is 10.6. The lowest BCUT2D eigenvalue weighted by atomic mass is 10.1. The van der Waals surface area contributed by atoms with Crippen LogP contribution in [0.3, 0.4) is 0 Å². The minimum absolute atomic E-state index is 0.474. The smallest absolute Gasteiger partial charge is 0.150 e. The van der Waals surface area contributed by atoms with Crippen molar-refractivity contribution in [2.45, 2.75) is 0 Å². The van der Waals surface area contributed by atoms with E-state index in [-0.39, 0.29) is 0 Å². The van der Waals surface area contributed by atoms with Crippen molar-refractivity contribution in [3.05, 3.63) is 64.7 Å². The van der Waals surface area contributed by atoms with Gasteiger partial charge in [0, 0.05) is 27.9 Å². The summed E-state index contributed by atoms with van der Waals surface area (Å²) in [6, 6.07) is 11.9. The summed E-state index contributed by atoms with van der Waals surface area (Å²) in [7, 11) is 0. The monoisotopic (exact) mass is 249 g/mol. The lowest BCUT2D eigenvalue weighted by Crippen LogP contribution is -1.92. The highest BCUT2D eigenvalue weighted by molar-refractivity contribution is 5.78. The molecule has 2 rings (SSSR count). The minimum Gasteiger partial charge on any atom is -0.398 e. The molecule has 0 radical (unpaired) electrons. The van der Waals surface area contributed by atoms with Gasteiger partial charge in [0.15, 0.2) is 0 Å². The summed E-state index contributed by atoms with van der Waals surface area (Å²) in [4.78, 5) is 21.1. The third kappa shape index (κ3) is 3.08. The average molecular weight is 249 g/mol. The Hall–Kier alpha value is -2.86. The molecule has 3 nitrogen and oxygen atoms in total. The number of carbonyl (C=O) groups excluding carboxylic acids is 2. The van der Waals surface area contributed by atoms with Gasteiger partial charge < -0.3 is 5.73 Å². The van der Waals surface area contributed by atoms with Crippen molar-refractivity contribution in [2.75, 3.05) is 5.73 Å². The van der Waals surface area contributed by atoms with E-state index < -0.39 is 0 Å². The number of aldehydes is 2. The first-order chi connectivity index (χ1) is 9.22. The van der Waals surface area contributed by atoms with Gasteiger partial charge in [-0.05, 0) is 24.3 Å². The quantitative estimate of drug-likeness (QED) is 0.504. The summed E-state index contributed by atoms with van der Waals surface area (Å²) in [6.07, 6.45) is 1.53. The summed E-state index contributed by atoms with van der Waals surface area (Å²) < 4.78 is 0. The molecule has 0 heterocycles. The van der Waals surface area contributed by atoms with Crippen LogP contribution in [0, 0.1) is 11.8 Å². The van der Waals surface area contributed by atoms with E-state index >= 15 is 0 Å². The van der Waals surface area contributed by atoms with Crippen molar-refractivity contribution >= 4 is 18.3 Å². The average Bonchev–Trinajstić information content (AvgIpc) is 2.46. The van der Waals surface area contributed by atoms with Crippen molar-refractivity contribution in [3.63, 3.8) is 0 Å². The maximum Gasteiger partial charge on any atom is 0.150 e. The van der Waals surface area contributed by atoms with Crippen molar-refractivity contribution in [3.8, 4) is 11.8 Å². The van der Waals surface area contributed by atoms with Gasteiger partial charge in [-0.25, -0.2) is 0 Å². The Balaban J connectivity index is 2.27. The van der Waals surface area contributed by atoms with Crippen LogP contribution in [0.15, 0.2) is 42.5 Å². The van der Waals surface area contributed by atoms with Gasteiger partial charge in [0.05, 0.1) is 0 Å². The zero-order chi connectivity index (χ0) is 13.7. The number of benzene rings is 2. The number of anilines is 1. The Kier molecular flexibility index (Phi) is 3.75. The van der Waals surface area contributed by atoms with Gasteiger partial charge in [0.2, 0.25) is 0 Å². The normalized spacial score (nSPS) is 9.26. The van der Waals surface area contributed by atoms with Crippen LogP contribution < -0.4 is 5.73 Å². The minimum atomic E-state index is 0.474. The van der Waals surface area contributed by atoms with Crippen LogP contribution in [0.4, 0.5) is 5.69 Å². The van der Waals surface area contributed by atoms with E-state index in [0.717, 1.165) is 18.1 Å². The van der Waals surface area contributed by atoms with E-state index in [2.05, 4.69) is 11.8 Å². The molecule has 0 saturated carbocycles. The van der Waals surface area contributed by atoms with Gasteiger partial charge in [0.25, 0.3) is 0 Å². The second-order valence-electron chi connectivity index (χ2n) is 3.95. The van der Waals surface area contributed by atoms with E-state index in [4.69, 9.17) is 5.73 Å². The maximum atomic E-state index is 10.6. The zero-order valence-electron chi connectivity index (χ0n) is 10.1. The van der Waals surface area contributed by atoms with Gasteiger partial charge in [-0.1, -0.05) is 30.0 Å². The standard InChI is InChI=1S/C16H11NO2/c17-16-9-14(11-19)6-8-15(16)7-5-12-1-3-13(10-18)4-2-12/h1-4,6,8-11H,17H2. The number of hydrogen-bond donors (Lipinski definition) is 1. The van der Waals surface area contributed by atoms with E-state index in [9.17, 15) is 9.59 Å². The molecule has 2 aromatic rings. The third-order valence-corrected chi connectivity index (χ3v) is 2.60. The van der Waals surface area contributed by atoms with Gasteiger partial charge in [-0.2, -0.15) is 0 Å². The Morgan fingerprint density at radius 1 is 0.842 bits per heavy atom. The number of nitrogens with two attached hydrogens (primary N) is 1. The van der Waals surface area contributed by atoms with E-state index in [1.54, 1.807) is 42.5 Å². The molecule has 2 aromatic carbocycles. The first-order valence-electron chi connectivity index (χ1n) is 5.65. The predicted octanol–water partition coefficient (Wildman–Crippen LogP) is 2.29. The molecule has 0 spiro atoms. The summed E-state index contributed by atoms with van der Waals surface area (Å²) in [5.74, 6) is 5.90. The SMILES string of the molecule is Nc1cc(C=O)ccc1C#Cc1ccc(C=O)cc1. The largest absolute Gasteiger partial charge is 0.398 e. The Labute approximate surface area is 111 Å². The number of rotatable bonds is 2. The van der Waals surface area contributed by atoms with Crippen molar-refractivity contribution < 1.29 is 9.59 Å². The third-order valence-electron chi connectivity index (χ3n) is 2.60. The topological polar surface area (TPSA) is 60.2 Å². The molecule has 92 valence electrons. The van der Waals surface area contributed by atoms with Crippen LogP contribution >= 0.6 is 0 Å². The van der Waals surface area contributed by atoms with Crippen LogP contribution in [0.25, 0.3) is 0 Å². The lowest BCUT2D eigenvalue weighted by molar-refractivity contribution is 0.111. The van der Waals surface area contributed by atoms with Gasteiger partial charge in [0.1, 0.15) is 12.6 Å². The Bertz CT molecular complexity index is 676. The molecule has 2 N–H and O–H groups in total. The number of nitrogen functional groups attached to an aromatic ring is 1. The van der Waals surface area contributed by atoms with E-state index in [0.29, 0.717) is 22.4 Å². The van der Waals surface area contributed by atoms with Crippen LogP contribution in [-0.2, 0) is 0 Å². The molecular formula is C16H11NO2. The summed E-state index contributed by atoms with van der Waals surface area (Å²) in [5.41, 5.74) is 8.88. The van der Waals surface area contributed by atoms with Crippen LogP contribution in [0.2, 0.25) is 0 Å². The molecule has 0 fully saturated rings. The van der Waals surface area contributed by atoms with E-state index in [1.165, 1.54) is 0 Å². The van der Waals surface area contributed by atoms with Crippen LogP contribution in [0.5, 0.6) is 0 Å². The van der Waals surface area contributed by atoms with E-state index in [1.807, 2.05) is 0 Å².